The summed E-state index contributed by atoms with van der Waals surface area (Å²) in [7, 11) is 1.33. The van der Waals surface area contributed by atoms with Crippen LogP contribution < -0.4 is 15.8 Å². The molecule has 0 unspecified atom stereocenters. The Hall–Kier alpha value is -3.63. The van der Waals surface area contributed by atoms with Crippen LogP contribution >= 0.6 is 0 Å². The summed E-state index contributed by atoms with van der Waals surface area (Å²) in [5.74, 6) is 0.831. The number of para-hydroxylation sites is 1. The molecule has 0 aliphatic carbocycles. The Morgan fingerprint density at radius 3 is 2.50 bits per heavy atom. The third-order valence-corrected chi connectivity index (χ3v) is 4.87. The Morgan fingerprint density at radius 2 is 1.74 bits per heavy atom. The summed E-state index contributed by atoms with van der Waals surface area (Å²) in [5.41, 5.74) is 7.97. The van der Waals surface area contributed by atoms with E-state index in [2.05, 4.69) is 15.3 Å². The second-order valence-corrected chi connectivity index (χ2v) is 7.37. The first-order chi connectivity index (χ1) is 16.6. The largest absolute Gasteiger partial charge is 0.491 e. The normalized spacial score (nSPS) is 10.9. The maximum absolute atomic E-state index is 12.1. The molecular formula is C24H30N4O6. The number of carbonyl (C=O) groups is 2. The number of imidazole rings is 1. The van der Waals surface area contributed by atoms with Gasteiger partial charge in [-0.3, -0.25) is 4.79 Å². The molecule has 34 heavy (non-hydrogen) atoms. The molecule has 4 N–H and O–H groups in total. The van der Waals surface area contributed by atoms with Gasteiger partial charge in [0.05, 0.1) is 44.6 Å². The molecule has 1 amide bonds. The van der Waals surface area contributed by atoms with Crippen LogP contribution in [0.3, 0.4) is 0 Å². The number of carbonyl (C=O) groups excluding carboxylic acids is 2. The van der Waals surface area contributed by atoms with Crippen LogP contribution in [0.4, 0.5) is 5.69 Å². The number of methoxy groups -OCH3 is 1. The van der Waals surface area contributed by atoms with Crippen LogP contribution in [-0.4, -0.2) is 68.5 Å². The molecule has 10 heteroatoms. The fraction of sp³-hybridized carbons (Fsp3) is 0.375. The number of amides is 1. The highest BCUT2D eigenvalue weighted by Crippen LogP contribution is 2.18. The van der Waals surface area contributed by atoms with Gasteiger partial charge >= 0.3 is 5.97 Å². The van der Waals surface area contributed by atoms with Crippen LogP contribution in [-0.2, 0) is 25.4 Å². The van der Waals surface area contributed by atoms with Crippen molar-refractivity contribution in [2.45, 2.75) is 12.8 Å². The van der Waals surface area contributed by atoms with Crippen LogP contribution in [0, 0.1) is 0 Å². The predicted molar refractivity (Wildman–Crippen MR) is 127 cm³/mol. The van der Waals surface area contributed by atoms with Crippen LogP contribution in [0.15, 0.2) is 42.5 Å². The van der Waals surface area contributed by atoms with E-state index in [1.54, 1.807) is 24.3 Å². The second kappa shape index (κ2) is 13.2. The van der Waals surface area contributed by atoms with Gasteiger partial charge in [0, 0.05) is 25.1 Å². The standard InChI is InChI=1S/C24H30N4O6/c1-31-24(30)19-3-2-4-20-23(19)28-21(27-20)9-10-22(29)26-11-12-32-13-14-33-15-16-34-18-7-5-17(25)6-8-18/h2-8H,9-16,25H2,1H3,(H,26,29)(H,27,28). The first-order valence-electron chi connectivity index (χ1n) is 11.0. The molecule has 0 saturated carbocycles. The third-order valence-electron chi connectivity index (χ3n) is 4.87. The number of nitrogens with zero attached hydrogens (tertiary/aromatic N) is 1. The summed E-state index contributed by atoms with van der Waals surface area (Å²) < 4.78 is 21.2. The van der Waals surface area contributed by atoms with E-state index in [1.807, 2.05) is 18.2 Å². The summed E-state index contributed by atoms with van der Waals surface area (Å²) >= 11 is 0. The molecule has 0 atom stereocenters. The Labute approximate surface area is 197 Å². The molecule has 3 rings (SSSR count). The predicted octanol–water partition coefficient (Wildman–Crippen LogP) is 2.09. The highest BCUT2D eigenvalue weighted by atomic mass is 16.5. The van der Waals surface area contributed by atoms with Crippen molar-refractivity contribution < 1.29 is 28.5 Å². The minimum absolute atomic E-state index is 0.103. The molecule has 0 aliphatic rings. The topological polar surface area (TPSA) is 138 Å². The van der Waals surface area contributed by atoms with Gasteiger partial charge in [0.15, 0.2) is 0 Å². The van der Waals surface area contributed by atoms with Crippen molar-refractivity contribution in [1.29, 1.82) is 0 Å². The number of rotatable bonds is 14. The molecule has 182 valence electrons. The van der Waals surface area contributed by atoms with Crippen molar-refractivity contribution in [1.82, 2.24) is 15.3 Å². The van der Waals surface area contributed by atoms with Crippen LogP contribution in [0.2, 0.25) is 0 Å². The number of hydrogen-bond acceptors (Lipinski definition) is 8. The quantitative estimate of drug-likeness (QED) is 0.185. The lowest BCUT2D eigenvalue weighted by atomic mass is 10.2. The van der Waals surface area contributed by atoms with Crippen molar-refractivity contribution in [3.8, 4) is 5.75 Å². The number of aryl methyl sites for hydroxylation is 1. The second-order valence-electron chi connectivity index (χ2n) is 7.37. The van der Waals surface area contributed by atoms with Crippen molar-refractivity contribution in [2.75, 3.05) is 52.4 Å². The Bertz CT molecular complexity index is 1070. The summed E-state index contributed by atoms with van der Waals surface area (Å²) in [4.78, 5) is 31.5. The number of nitrogens with one attached hydrogen (secondary N) is 2. The molecular weight excluding hydrogens is 440 g/mol. The van der Waals surface area contributed by atoms with E-state index in [4.69, 9.17) is 24.7 Å². The summed E-state index contributed by atoms with van der Waals surface area (Å²) in [6.07, 6.45) is 0.693. The molecule has 0 saturated heterocycles. The number of nitrogens with two attached hydrogens (primary N) is 1. The van der Waals surface area contributed by atoms with Crippen molar-refractivity contribution in [2.24, 2.45) is 0 Å². The lowest BCUT2D eigenvalue weighted by Gasteiger charge is -2.08. The van der Waals surface area contributed by atoms with E-state index >= 15 is 0 Å². The number of esters is 1. The molecule has 0 radical (unpaired) electrons. The Morgan fingerprint density at radius 1 is 1.00 bits per heavy atom. The minimum Gasteiger partial charge on any atom is -0.491 e. The highest BCUT2D eigenvalue weighted by molar-refractivity contribution is 6.01. The summed E-state index contributed by atoms with van der Waals surface area (Å²) in [6, 6.07) is 12.4. The molecule has 0 fully saturated rings. The van der Waals surface area contributed by atoms with Crippen LogP contribution in [0.25, 0.3) is 11.0 Å². The van der Waals surface area contributed by atoms with Crippen molar-refractivity contribution in [3.63, 3.8) is 0 Å². The minimum atomic E-state index is -0.446. The lowest BCUT2D eigenvalue weighted by molar-refractivity contribution is -0.121. The van der Waals surface area contributed by atoms with E-state index in [1.165, 1.54) is 7.11 Å². The average Bonchev–Trinajstić information content (AvgIpc) is 3.27. The van der Waals surface area contributed by atoms with Crippen molar-refractivity contribution >= 4 is 28.6 Å². The lowest BCUT2D eigenvalue weighted by Crippen LogP contribution is -2.28. The number of anilines is 1. The maximum atomic E-state index is 12.1. The Kier molecular flexibility index (Phi) is 9.68. The zero-order chi connectivity index (χ0) is 24.2. The first kappa shape index (κ1) is 25.0. The van der Waals surface area contributed by atoms with Crippen LogP contribution in [0.5, 0.6) is 5.75 Å². The molecule has 2 aromatic carbocycles. The van der Waals surface area contributed by atoms with Gasteiger partial charge in [0.1, 0.15) is 23.7 Å². The maximum Gasteiger partial charge on any atom is 0.340 e. The highest BCUT2D eigenvalue weighted by Gasteiger charge is 2.14. The molecule has 0 bridgehead atoms. The monoisotopic (exact) mass is 470 g/mol. The van der Waals surface area contributed by atoms with Gasteiger partial charge in [0.2, 0.25) is 5.91 Å². The fourth-order valence-corrected chi connectivity index (χ4v) is 3.16. The van der Waals surface area contributed by atoms with E-state index in [9.17, 15) is 9.59 Å². The van der Waals surface area contributed by atoms with E-state index in [0.29, 0.717) is 68.6 Å². The van der Waals surface area contributed by atoms with Crippen molar-refractivity contribution in [3.05, 3.63) is 53.9 Å². The van der Waals surface area contributed by atoms with Gasteiger partial charge in [-0.2, -0.15) is 0 Å². The van der Waals surface area contributed by atoms with E-state index in [-0.39, 0.29) is 12.3 Å². The molecule has 10 nitrogen and oxygen atoms in total. The van der Waals surface area contributed by atoms with Gasteiger partial charge < -0.3 is 35.0 Å². The van der Waals surface area contributed by atoms with Gasteiger partial charge in [-0.1, -0.05) is 6.07 Å². The zero-order valence-corrected chi connectivity index (χ0v) is 19.2. The summed E-state index contributed by atoms with van der Waals surface area (Å²) in [6.45, 7) is 2.57. The van der Waals surface area contributed by atoms with E-state index < -0.39 is 5.97 Å². The summed E-state index contributed by atoms with van der Waals surface area (Å²) in [5, 5.41) is 2.81. The van der Waals surface area contributed by atoms with Gasteiger partial charge in [-0.05, 0) is 36.4 Å². The molecule has 1 heterocycles. The van der Waals surface area contributed by atoms with Crippen LogP contribution in [0.1, 0.15) is 22.6 Å². The number of nitrogen functional groups attached to an aromatic ring is 1. The molecule has 0 spiro atoms. The van der Waals surface area contributed by atoms with E-state index in [0.717, 1.165) is 11.3 Å². The smallest absolute Gasteiger partial charge is 0.340 e. The number of aromatic nitrogens is 2. The number of fused-ring (bicyclic) bond motifs is 1. The molecule has 3 aromatic rings. The molecule has 1 aromatic heterocycles. The average molecular weight is 471 g/mol. The number of benzene rings is 2. The number of ether oxygens (including phenoxy) is 4. The van der Waals surface area contributed by atoms with Gasteiger partial charge in [-0.15, -0.1) is 0 Å². The number of hydrogen-bond donors (Lipinski definition) is 3. The fourth-order valence-electron chi connectivity index (χ4n) is 3.16. The zero-order valence-electron chi connectivity index (χ0n) is 19.2. The third kappa shape index (κ3) is 7.75. The Balaban J connectivity index is 1.22. The number of H-pyrrole nitrogens is 1. The number of aromatic amines is 1. The van der Waals surface area contributed by atoms with Gasteiger partial charge in [-0.25, -0.2) is 9.78 Å². The first-order valence-corrected chi connectivity index (χ1v) is 11.0. The van der Waals surface area contributed by atoms with Gasteiger partial charge in [0.25, 0.3) is 0 Å². The SMILES string of the molecule is COC(=O)c1cccc2[nH]c(CCC(=O)NCCOCCOCCOc3ccc(N)cc3)nc12. The molecule has 0 aliphatic heterocycles.